The van der Waals surface area contributed by atoms with E-state index in [9.17, 15) is 14.7 Å². The third-order valence-electron chi connectivity index (χ3n) is 4.37. The number of aryl methyl sites for hydroxylation is 1. The second-order valence-corrected chi connectivity index (χ2v) is 7.21. The minimum Gasteiger partial charge on any atom is -0.508 e. The molecule has 3 rings (SSSR count). The highest BCUT2D eigenvalue weighted by Gasteiger charge is 2.19. The van der Waals surface area contributed by atoms with Gasteiger partial charge in [0.2, 0.25) is 5.91 Å². The molecule has 0 aliphatic rings. The highest BCUT2D eigenvalue weighted by molar-refractivity contribution is 7.14. The van der Waals surface area contributed by atoms with Crippen LogP contribution in [0.25, 0.3) is 6.08 Å². The smallest absolute Gasteiger partial charge is 0.230 e. The van der Waals surface area contributed by atoms with Crippen molar-refractivity contribution in [2.75, 3.05) is 4.90 Å². The second kappa shape index (κ2) is 8.19. The molecule has 1 heterocycles. The number of ketones is 1. The zero-order valence-corrected chi connectivity index (χ0v) is 16.7. The molecule has 1 aromatic heterocycles. The summed E-state index contributed by atoms with van der Waals surface area (Å²) in [5, 5.41) is 11.8. The summed E-state index contributed by atoms with van der Waals surface area (Å²) in [6, 6.07) is 12.0. The van der Waals surface area contributed by atoms with Gasteiger partial charge >= 0.3 is 0 Å². The summed E-state index contributed by atoms with van der Waals surface area (Å²) < 4.78 is 0. The number of anilines is 2. The van der Waals surface area contributed by atoms with E-state index in [0.717, 1.165) is 16.8 Å². The van der Waals surface area contributed by atoms with Gasteiger partial charge in [0.05, 0.1) is 11.4 Å². The number of rotatable bonds is 5. The number of carbonyl (C=O) groups is 2. The van der Waals surface area contributed by atoms with Crippen molar-refractivity contribution < 1.29 is 14.7 Å². The Labute approximate surface area is 167 Å². The predicted octanol–water partition coefficient (Wildman–Crippen LogP) is 5.05. The molecule has 6 heteroatoms. The first kappa shape index (κ1) is 19.5. The van der Waals surface area contributed by atoms with Crippen LogP contribution in [0.5, 0.6) is 5.75 Å². The maximum atomic E-state index is 12.3. The maximum absolute atomic E-state index is 12.3. The van der Waals surface area contributed by atoms with Gasteiger partial charge in [0.25, 0.3) is 0 Å². The van der Waals surface area contributed by atoms with Crippen LogP contribution in [0.3, 0.4) is 0 Å². The summed E-state index contributed by atoms with van der Waals surface area (Å²) in [4.78, 5) is 30.6. The quantitative estimate of drug-likeness (QED) is 0.487. The molecule has 2 aromatic carbocycles. The molecule has 0 atom stereocenters. The van der Waals surface area contributed by atoms with Crippen molar-refractivity contribution in [2.45, 2.75) is 20.8 Å². The Hall–Kier alpha value is -3.25. The average Bonchev–Trinajstić information content (AvgIpc) is 3.11. The fraction of sp³-hybridized carbons (Fsp3) is 0.136. The van der Waals surface area contributed by atoms with E-state index in [0.29, 0.717) is 16.4 Å². The summed E-state index contributed by atoms with van der Waals surface area (Å²) in [6.45, 7) is 5.48. The van der Waals surface area contributed by atoms with Crippen LogP contribution in [-0.4, -0.2) is 21.8 Å². The van der Waals surface area contributed by atoms with Gasteiger partial charge in [-0.1, -0.05) is 24.3 Å². The summed E-state index contributed by atoms with van der Waals surface area (Å²) >= 11 is 1.34. The van der Waals surface area contributed by atoms with Crippen molar-refractivity contribution in [3.8, 4) is 5.75 Å². The molecule has 0 saturated heterocycles. The maximum Gasteiger partial charge on any atom is 0.230 e. The number of hydrogen-bond acceptors (Lipinski definition) is 5. The fourth-order valence-electron chi connectivity index (χ4n) is 2.76. The zero-order chi connectivity index (χ0) is 20.3. The van der Waals surface area contributed by atoms with E-state index < -0.39 is 0 Å². The van der Waals surface area contributed by atoms with Crippen molar-refractivity contribution in [1.82, 2.24) is 4.98 Å². The third-order valence-corrected chi connectivity index (χ3v) is 5.21. The van der Waals surface area contributed by atoms with Crippen LogP contribution in [0.2, 0.25) is 0 Å². The highest BCUT2D eigenvalue weighted by atomic mass is 32.1. The van der Waals surface area contributed by atoms with Crippen molar-refractivity contribution >= 4 is 39.9 Å². The molecule has 0 radical (unpaired) electrons. The number of phenolic OH excluding ortho intramolecular Hbond substituents is 1. The average molecular weight is 392 g/mol. The summed E-state index contributed by atoms with van der Waals surface area (Å²) in [7, 11) is 0. The Morgan fingerprint density at radius 3 is 2.61 bits per heavy atom. The lowest BCUT2D eigenvalue weighted by Gasteiger charge is -2.21. The number of thiazole rings is 1. The molecule has 0 saturated carbocycles. The number of benzene rings is 2. The lowest BCUT2D eigenvalue weighted by Crippen LogP contribution is -2.23. The summed E-state index contributed by atoms with van der Waals surface area (Å²) in [5.41, 5.74) is 3.90. The minimum absolute atomic E-state index is 0.0424. The van der Waals surface area contributed by atoms with Crippen LogP contribution in [0.15, 0.2) is 53.9 Å². The molecule has 142 valence electrons. The molecule has 1 N–H and O–H groups in total. The van der Waals surface area contributed by atoms with E-state index in [1.54, 1.807) is 28.5 Å². The molecule has 3 aromatic rings. The number of amides is 1. The van der Waals surface area contributed by atoms with Crippen molar-refractivity contribution in [1.29, 1.82) is 0 Å². The SMILES string of the molecule is CC(=O)N(c1nc(/C=C/C(=O)c2cccc(O)c2)cs1)c1cccc(C)c1C. The van der Waals surface area contributed by atoms with Gasteiger partial charge in [0, 0.05) is 17.9 Å². The van der Waals surface area contributed by atoms with Crippen LogP contribution in [-0.2, 0) is 4.79 Å². The number of aromatic nitrogens is 1. The first-order chi connectivity index (χ1) is 13.4. The molecule has 28 heavy (non-hydrogen) atoms. The summed E-state index contributed by atoms with van der Waals surface area (Å²) in [6.07, 6.45) is 3.01. The van der Waals surface area contributed by atoms with E-state index in [2.05, 4.69) is 4.98 Å². The van der Waals surface area contributed by atoms with Crippen LogP contribution >= 0.6 is 11.3 Å². The topological polar surface area (TPSA) is 70.5 Å². The molecule has 0 bridgehead atoms. The van der Waals surface area contributed by atoms with Gasteiger partial charge in [-0.3, -0.25) is 14.5 Å². The molecule has 0 aliphatic heterocycles. The fourth-order valence-corrected chi connectivity index (χ4v) is 3.61. The molecule has 1 amide bonds. The van der Waals surface area contributed by atoms with Crippen molar-refractivity contribution in [3.63, 3.8) is 0 Å². The highest BCUT2D eigenvalue weighted by Crippen LogP contribution is 2.32. The molecule has 0 unspecified atom stereocenters. The normalized spacial score (nSPS) is 11.0. The predicted molar refractivity (Wildman–Crippen MR) is 112 cm³/mol. The van der Waals surface area contributed by atoms with Crippen LogP contribution in [0, 0.1) is 13.8 Å². The van der Waals surface area contributed by atoms with Crippen LogP contribution in [0.1, 0.15) is 34.1 Å². The Bertz CT molecular complexity index is 1070. The summed E-state index contributed by atoms with van der Waals surface area (Å²) in [5.74, 6) is -0.321. The van der Waals surface area contributed by atoms with Gasteiger partial charge < -0.3 is 5.11 Å². The van der Waals surface area contributed by atoms with Crippen molar-refractivity contribution in [3.05, 3.63) is 76.3 Å². The Morgan fingerprint density at radius 1 is 1.14 bits per heavy atom. The van der Waals surface area contributed by atoms with Crippen LogP contribution < -0.4 is 4.90 Å². The number of hydrogen-bond donors (Lipinski definition) is 1. The zero-order valence-electron chi connectivity index (χ0n) is 15.8. The number of aromatic hydroxyl groups is 1. The lowest BCUT2D eigenvalue weighted by molar-refractivity contribution is -0.115. The van der Waals surface area contributed by atoms with E-state index in [1.165, 1.54) is 36.5 Å². The second-order valence-electron chi connectivity index (χ2n) is 6.38. The molecular weight excluding hydrogens is 372 g/mol. The molecule has 0 fully saturated rings. The standard InChI is InChI=1S/C22H20N2O3S/c1-14-6-4-9-20(15(14)2)24(16(3)25)22-23-18(13-28-22)10-11-21(27)17-7-5-8-19(26)12-17/h4-13,26H,1-3H3/b11-10+. The minimum atomic E-state index is -0.233. The monoisotopic (exact) mass is 392 g/mol. The van der Waals surface area contributed by atoms with E-state index in [4.69, 9.17) is 0 Å². The Morgan fingerprint density at radius 2 is 1.89 bits per heavy atom. The third kappa shape index (κ3) is 4.18. The Kier molecular flexibility index (Phi) is 5.70. The van der Waals surface area contributed by atoms with Gasteiger partial charge in [-0.05, 0) is 55.3 Å². The first-order valence-electron chi connectivity index (χ1n) is 8.70. The number of carbonyl (C=O) groups excluding carboxylic acids is 2. The van der Waals surface area contributed by atoms with E-state index >= 15 is 0 Å². The van der Waals surface area contributed by atoms with Gasteiger partial charge in [-0.2, -0.15) is 0 Å². The number of phenols is 1. The Balaban J connectivity index is 1.86. The van der Waals surface area contributed by atoms with Gasteiger partial charge in [0.15, 0.2) is 10.9 Å². The molecule has 0 aliphatic carbocycles. The lowest BCUT2D eigenvalue weighted by atomic mass is 10.1. The van der Waals surface area contributed by atoms with Gasteiger partial charge in [-0.15, -0.1) is 11.3 Å². The number of allylic oxidation sites excluding steroid dienone is 1. The molecule has 5 nitrogen and oxygen atoms in total. The van der Waals surface area contributed by atoms with Gasteiger partial charge in [-0.25, -0.2) is 4.98 Å². The van der Waals surface area contributed by atoms with E-state index in [-0.39, 0.29) is 17.4 Å². The van der Waals surface area contributed by atoms with Gasteiger partial charge in [0.1, 0.15) is 5.75 Å². The van der Waals surface area contributed by atoms with E-state index in [1.807, 2.05) is 32.0 Å². The van der Waals surface area contributed by atoms with Crippen LogP contribution in [0.4, 0.5) is 10.8 Å². The number of nitrogens with zero attached hydrogens (tertiary/aromatic N) is 2. The largest absolute Gasteiger partial charge is 0.508 e. The van der Waals surface area contributed by atoms with Crippen molar-refractivity contribution in [2.24, 2.45) is 0 Å². The molecular formula is C22H20N2O3S. The first-order valence-corrected chi connectivity index (χ1v) is 9.58. The molecule has 0 spiro atoms.